The van der Waals surface area contributed by atoms with Crippen molar-refractivity contribution in [1.29, 1.82) is 0 Å². The van der Waals surface area contributed by atoms with Crippen molar-refractivity contribution >= 4 is 5.69 Å². The number of rotatable bonds is 5. The monoisotopic (exact) mass is 389 g/mol. The number of methoxy groups -OCH3 is 1. The summed E-state index contributed by atoms with van der Waals surface area (Å²) in [5, 5.41) is 10.4. The van der Waals surface area contributed by atoms with E-state index in [0.717, 1.165) is 49.5 Å². The van der Waals surface area contributed by atoms with Crippen molar-refractivity contribution < 1.29 is 9.84 Å². The molecule has 150 valence electrons. The molecule has 5 nitrogen and oxygen atoms in total. The summed E-state index contributed by atoms with van der Waals surface area (Å²) >= 11 is 0. The highest BCUT2D eigenvalue weighted by Crippen LogP contribution is 2.28. The zero-order chi connectivity index (χ0) is 20.2. The van der Waals surface area contributed by atoms with E-state index in [-0.39, 0.29) is 0 Å². The zero-order valence-electron chi connectivity index (χ0n) is 17.0. The summed E-state index contributed by atoms with van der Waals surface area (Å²) in [6, 6.07) is 20.0. The fourth-order valence-corrected chi connectivity index (χ4v) is 3.87. The minimum atomic E-state index is 0.331. The normalized spacial score (nSPS) is 14.8. The van der Waals surface area contributed by atoms with Gasteiger partial charge < -0.3 is 14.7 Å². The molecule has 1 fully saturated rings. The Morgan fingerprint density at radius 2 is 1.76 bits per heavy atom. The Bertz CT molecular complexity index is 981. The standard InChI is InChI=1S/C24H27N3O2/c1-18-6-3-4-8-22(18)27-14-12-26(13-15-27)17-20-16-19(10-11-23(20)28)21-7-5-9-24(25-21)29-2/h3-11,16,28H,12-15,17H2,1-2H3. The lowest BCUT2D eigenvalue weighted by molar-refractivity contribution is 0.246. The Kier molecular flexibility index (Phi) is 5.67. The number of pyridine rings is 1. The van der Waals surface area contributed by atoms with E-state index < -0.39 is 0 Å². The minimum absolute atomic E-state index is 0.331. The molecule has 1 aliphatic rings. The Morgan fingerprint density at radius 3 is 2.52 bits per heavy atom. The van der Waals surface area contributed by atoms with Crippen LogP contribution in [0.15, 0.2) is 60.7 Å². The Hall–Kier alpha value is -3.05. The fourth-order valence-electron chi connectivity index (χ4n) is 3.87. The summed E-state index contributed by atoms with van der Waals surface area (Å²) in [4.78, 5) is 9.35. The van der Waals surface area contributed by atoms with Crippen LogP contribution in [0.2, 0.25) is 0 Å². The van der Waals surface area contributed by atoms with Crippen LogP contribution >= 0.6 is 0 Å². The first-order chi connectivity index (χ1) is 14.1. The highest BCUT2D eigenvalue weighted by atomic mass is 16.5. The highest BCUT2D eigenvalue weighted by molar-refractivity contribution is 5.62. The number of aryl methyl sites for hydroxylation is 1. The molecular weight excluding hydrogens is 362 g/mol. The molecule has 1 N–H and O–H groups in total. The van der Waals surface area contributed by atoms with Gasteiger partial charge in [0, 0.05) is 55.6 Å². The SMILES string of the molecule is COc1cccc(-c2ccc(O)c(CN3CCN(c4ccccc4C)CC3)c2)n1. The molecule has 0 unspecified atom stereocenters. The van der Waals surface area contributed by atoms with Gasteiger partial charge in [-0.05, 0) is 42.8 Å². The van der Waals surface area contributed by atoms with Gasteiger partial charge >= 0.3 is 0 Å². The van der Waals surface area contributed by atoms with E-state index in [9.17, 15) is 5.11 Å². The molecule has 0 atom stereocenters. The van der Waals surface area contributed by atoms with E-state index in [0.29, 0.717) is 11.6 Å². The molecule has 0 aliphatic carbocycles. The number of hydrogen-bond acceptors (Lipinski definition) is 5. The summed E-state index contributed by atoms with van der Waals surface area (Å²) in [7, 11) is 1.62. The van der Waals surface area contributed by atoms with Crippen molar-refractivity contribution in [3.05, 3.63) is 71.8 Å². The number of para-hydroxylation sites is 1. The van der Waals surface area contributed by atoms with Crippen molar-refractivity contribution in [2.75, 3.05) is 38.2 Å². The van der Waals surface area contributed by atoms with E-state index in [4.69, 9.17) is 4.74 Å². The quantitative estimate of drug-likeness (QED) is 0.712. The smallest absolute Gasteiger partial charge is 0.213 e. The third kappa shape index (κ3) is 4.35. The van der Waals surface area contributed by atoms with Crippen molar-refractivity contribution in [2.45, 2.75) is 13.5 Å². The van der Waals surface area contributed by atoms with E-state index in [1.54, 1.807) is 13.2 Å². The van der Waals surface area contributed by atoms with Gasteiger partial charge in [-0.2, -0.15) is 0 Å². The second-order valence-electron chi connectivity index (χ2n) is 7.46. The van der Waals surface area contributed by atoms with Gasteiger partial charge in [-0.15, -0.1) is 0 Å². The van der Waals surface area contributed by atoms with E-state index in [2.05, 4.69) is 46.0 Å². The molecule has 2 aromatic carbocycles. The summed E-state index contributed by atoms with van der Waals surface area (Å²) in [5.41, 5.74) is 5.39. The molecule has 1 aromatic heterocycles. The van der Waals surface area contributed by atoms with Crippen LogP contribution < -0.4 is 9.64 Å². The molecular formula is C24H27N3O2. The number of nitrogens with zero attached hydrogens (tertiary/aromatic N) is 3. The van der Waals surface area contributed by atoms with Gasteiger partial charge in [0.15, 0.2) is 0 Å². The van der Waals surface area contributed by atoms with Gasteiger partial charge in [0.2, 0.25) is 5.88 Å². The van der Waals surface area contributed by atoms with Gasteiger partial charge in [0.1, 0.15) is 5.75 Å². The number of hydrogen-bond donors (Lipinski definition) is 1. The first-order valence-corrected chi connectivity index (χ1v) is 10.0. The molecule has 1 saturated heterocycles. The third-order valence-electron chi connectivity index (χ3n) is 5.53. The van der Waals surface area contributed by atoms with E-state index in [1.807, 2.05) is 30.3 Å². The molecule has 3 aromatic rings. The van der Waals surface area contributed by atoms with E-state index >= 15 is 0 Å². The number of ether oxygens (including phenoxy) is 1. The van der Waals surface area contributed by atoms with E-state index in [1.165, 1.54) is 11.3 Å². The number of phenols is 1. The lowest BCUT2D eigenvalue weighted by atomic mass is 10.1. The topological polar surface area (TPSA) is 48.8 Å². The Labute approximate surface area is 172 Å². The second kappa shape index (κ2) is 8.53. The van der Waals surface area contributed by atoms with Crippen LogP contribution in [-0.2, 0) is 6.54 Å². The number of anilines is 1. The maximum absolute atomic E-state index is 10.4. The predicted molar refractivity (Wildman–Crippen MR) is 117 cm³/mol. The molecule has 0 bridgehead atoms. The fraction of sp³-hybridized carbons (Fsp3) is 0.292. The first kappa shape index (κ1) is 19.3. The van der Waals surface area contributed by atoms with Gasteiger partial charge in [0.25, 0.3) is 0 Å². The van der Waals surface area contributed by atoms with Crippen molar-refractivity contribution in [2.24, 2.45) is 0 Å². The molecule has 2 heterocycles. The third-order valence-corrected chi connectivity index (χ3v) is 5.53. The summed E-state index contributed by atoms with van der Waals surface area (Å²) in [6.45, 7) is 6.80. The minimum Gasteiger partial charge on any atom is -0.508 e. The van der Waals surface area contributed by atoms with Gasteiger partial charge in [-0.1, -0.05) is 24.3 Å². The Morgan fingerprint density at radius 1 is 0.966 bits per heavy atom. The Balaban J connectivity index is 1.45. The average Bonchev–Trinajstić information content (AvgIpc) is 2.76. The van der Waals surface area contributed by atoms with Crippen LogP contribution in [0.3, 0.4) is 0 Å². The van der Waals surface area contributed by atoms with Gasteiger partial charge in [0.05, 0.1) is 12.8 Å². The maximum atomic E-state index is 10.4. The largest absolute Gasteiger partial charge is 0.508 e. The van der Waals surface area contributed by atoms with Crippen LogP contribution in [0, 0.1) is 6.92 Å². The van der Waals surface area contributed by atoms with Crippen LogP contribution in [0.25, 0.3) is 11.3 Å². The number of benzene rings is 2. The lowest BCUT2D eigenvalue weighted by Gasteiger charge is -2.37. The predicted octanol–water partition coefficient (Wildman–Crippen LogP) is 4.09. The number of piperazine rings is 1. The second-order valence-corrected chi connectivity index (χ2v) is 7.46. The van der Waals surface area contributed by atoms with Gasteiger partial charge in [-0.3, -0.25) is 4.90 Å². The molecule has 29 heavy (non-hydrogen) atoms. The summed E-state index contributed by atoms with van der Waals surface area (Å²) in [6.07, 6.45) is 0. The number of aromatic hydroxyl groups is 1. The first-order valence-electron chi connectivity index (χ1n) is 10.0. The molecule has 5 heteroatoms. The molecule has 0 amide bonds. The molecule has 0 radical (unpaired) electrons. The van der Waals surface area contributed by atoms with Crippen molar-refractivity contribution in [3.8, 4) is 22.9 Å². The van der Waals surface area contributed by atoms with Crippen molar-refractivity contribution in [1.82, 2.24) is 9.88 Å². The van der Waals surface area contributed by atoms with Crippen LogP contribution in [0.1, 0.15) is 11.1 Å². The molecule has 1 aliphatic heterocycles. The summed E-state index contributed by atoms with van der Waals surface area (Å²) < 4.78 is 5.23. The van der Waals surface area contributed by atoms with Crippen molar-refractivity contribution in [3.63, 3.8) is 0 Å². The highest BCUT2D eigenvalue weighted by Gasteiger charge is 2.19. The van der Waals surface area contributed by atoms with Crippen LogP contribution in [0.4, 0.5) is 5.69 Å². The number of aromatic nitrogens is 1. The summed E-state index contributed by atoms with van der Waals surface area (Å²) in [5.74, 6) is 0.919. The van der Waals surface area contributed by atoms with Crippen LogP contribution in [-0.4, -0.2) is 48.3 Å². The number of phenolic OH excluding ortho intramolecular Hbond substituents is 1. The maximum Gasteiger partial charge on any atom is 0.213 e. The average molecular weight is 389 g/mol. The lowest BCUT2D eigenvalue weighted by Crippen LogP contribution is -2.46. The molecule has 0 spiro atoms. The molecule has 0 saturated carbocycles. The molecule has 4 rings (SSSR count). The van der Waals surface area contributed by atoms with Crippen LogP contribution in [0.5, 0.6) is 11.6 Å². The van der Waals surface area contributed by atoms with Gasteiger partial charge in [-0.25, -0.2) is 4.98 Å². The zero-order valence-corrected chi connectivity index (χ0v) is 17.0.